The molecule has 0 aromatic heterocycles. The number of methoxy groups -OCH3 is 1. The number of hydrogen-bond acceptors (Lipinski definition) is 2. The lowest BCUT2D eigenvalue weighted by Crippen LogP contribution is -3.00. The summed E-state index contributed by atoms with van der Waals surface area (Å²) in [5, 5.41) is 2.60. The number of halogens is 1. The van der Waals surface area contributed by atoms with Crippen LogP contribution in [-0.4, -0.2) is 7.11 Å². The Hall–Kier alpha value is -3.13. The van der Waals surface area contributed by atoms with Gasteiger partial charge in [-0.2, -0.15) is 0 Å². The van der Waals surface area contributed by atoms with Gasteiger partial charge in [-0.1, -0.05) is 66.7 Å². The summed E-state index contributed by atoms with van der Waals surface area (Å²) in [6.07, 6.45) is 0. The van der Waals surface area contributed by atoms with Gasteiger partial charge in [-0.3, -0.25) is 0 Å². The molecule has 0 aliphatic carbocycles. The standard InChI is InChI=1S/C29H24O2P.BrH/c1-30-25-19-17-24(18-20-25)29-22-32(26-13-7-3-8-14-26,27-15-9-4-10-16-27)21-28(31-29)23-11-5-2-6-12-23;/h2-22H,1H3;1H/q+1;/p-1. The molecule has 5 rings (SSSR count). The van der Waals surface area contributed by atoms with E-state index in [1.165, 1.54) is 10.6 Å². The summed E-state index contributed by atoms with van der Waals surface area (Å²) in [4.78, 5) is 0. The highest BCUT2D eigenvalue weighted by molar-refractivity contribution is 7.95. The number of ether oxygens (including phenoxy) is 2. The fourth-order valence-electron chi connectivity index (χ4n) is 4.00. The Morgan fingerprint density at radius 3 is 1.42 bits per heavy atom. The zero-order chi connectivity index (χ0) is 21.8. The predicted molar refractivity (Wildman–Crippen MR) is 136 cm³/mol. The van der Waals surface area contributed by atoms with E-state index < -0.39 is 7.26 Å². The van der Waals surface area contributed by atoms with Crippen LogP contribution in [-0.2, 0) is 4.74 Å². The van der Waals surface area contributed by atoms with E-state index in [1.807, 2.05) is 18.2 Å². The molecule has 0 fully saturated rings. The zero-order valence-electron chi connectivity index (χ0n) is 18.3. The van der Waals surface area contributed by atoms with Crippen molar-refractivity contribution in [3.8, 4) is 5.75 Å². The second-order valence-electron chi connectivity index (χ2n) is 7.63. The lowest BCUT2D eigenvalue weighted by atomic mass is 10.1. The molecule has 2 nitrogen and oxygen atoms in total. The van der Waals surface area contributed by atoms with E-state index in [1.54, 1.807) is 7.11 Å². The summed E-state index contributed by atoms with van der Waals surface area (Å²) in [6, 6.07) is 39.9. The van der Waals surface area contributed by atoms with Crippen molar-refractivity contribution >= 4 is 29.4 Å². The molecule has 0 N–H and O–H groups in total. The van der Waals surface area contributed by atoms with Crippen molar-refractivity contribution in [1.82, 2.24) is 0 Å². The number of benzene rings is 4. The second-order valence-corrected chi connectivity index (χ2v) is 10.7. The van der Waals surface area contributed by atoms with Crippen LogP contribution in [0.4, 0.5) is 0 Å². The van der Waals surface area contributed by atoms with Gasteiger partial charge in [-0.25, -0.2) is 0 Å². The largest absolute Gasteiger partial charge is 1.00 e. The van der Waals surface area contributed by atoms with Gasteiger partial charge in [0.25, 0.3) is 0 Å². The molecule has 4 aromatic carbocycles. The van der Waals surface area contributed by atoms with Gasteiger partial charge in [0.2, 0.25) is 0 Å². The molecule has 4 aromatic rings. The summed E-state index contributed by atoms with van der Waals surface area (Å²) in [5.74, 6) is 7.28. The van der Waals surface area contributed by atoms with E-state index in [0.29, 0.717) is 0 Å². The van der Waals surface area contributed by atoms with E-state index in [2.05, 4.69) is 109 Å². The Morgan fingerprint density at radius 2 is 0.970 bits per heavy atom. The molecule has 1 heterocycles. The van der Waals surface area contributed by atoms with Crippen LogP contribution in [0.2, 0.25) is 0 Å². The Morgan fingerprint density at radius 1 is 0.545 bits per heavy atom. The van der Waals surface area contributed by atoms with Gasteiger partial charge in [0, 0.05) is 11.1 Å². The first-order valence-electron chi connectivity index (χ1n) is 10.6. The van der Waals surface area contributed by atoms with Crippen LogP contribution in [0.5, 0.6) is 5.75 Å². The van der Waals surface area contributed by atoms with Crippen molar-refractivity contribution in [3.05, 3.63) is 138 Å². The van der Waals surface area contributed by atoms with E-state index >= 15 is 0 Å². The van der Waals surface area contributed by atoms with Gasteiger partial charge in [-0.05, 0) is 48.5 Å². The molecule has 0 amide bonds. The summed E-state index contributed by atoms with van der Waals surface area (Å²) in [5.41, 5.74) is 2.10. The number of hydrogen-bond donors (Lipinski definition) is 0. The average Bonchev–Trinajstić information content (AvgIpc) is 2.90. The molecule has 0 saturated heterocycles. The maximum Gasteiger partial charge on any atom is 0.170 e. The van der Waals surface area contributed by atoms with E-state index in [9.17, 15) is 0 Å². The van der Waals surface area contributed by atoms with Crippen molar-refractivity contribution in [2.45, 2.75) is 0 Å². The molecule has 0 bridgehead atoms. The molecule has 0 spiro atoms. The predicted octanol–water partition coefficient (Wildman–Crippen LogP) is 3.70. The first kappa shape index (κ1) is 23.0. The van der Waals surface area contributed by atoms with Crippen molar-refractivity contribution in [1.29, 1.82) is 0 Å². The minimum atomic E-state index is -2.04. The van der Waals surface area contributed by atoms with Crippen LogP contribution in [0.1, 0.15) is 11.1 Å². The smallest absolute Gasteiger partial charge is 0.170 e. The highest BCUT2D eigenvalue weighted by atomic mass is 79.9. The van der Waals surface area contributed by atoms with Crippen LogP contribution in [0.25, 0.3) is 11.5 Å². The van der Waals surface area contributed by atoms with E-state index in [4.69, 9.17) is 9.47 Å². The first-order chi connectivity index (χ1) is 15.8. The Balaban J connectivity index is 0.00000259. The van der Waals surface area contributed by atoms with Crippen molar-refractivity contribution in [2.24, 2.45) is 0 Å². The van der Waals surface area contributed by atoms with Crippen LogP contribution < -0.4 is 32.3 Å². The van der Waals surface area contributed by atoms with Crippen LogP contribution in [0, 0.1) is 0 Å². The monoisotopic (exact) mass is 514 g/mol. The van der Waals surface area contributed by atoms with Crippen molar-refractivity contribution in [3.63, 3.8) is 0 Å². The van der Waals surface area contributed by atoms with Crippen LogP contribution in [0.3, 0.4) is 0 Å². The maximum absolute atomic E-state index is 6.54. The molecule has 33 heavy (non-hydrogen) atoms. The SMILES string of the molecule is COc1ccc(C2=C[P+](c3ccccc3)(c3ccccc3)C=C(c3ccccc3)O2)cc1.[Br-]. The molecule has 1 aliphatic heterocycles. The third kappa shape index (κ3) is 4.66. The quantitative estimate of drug-likeness (QED) is 0.378. The molecule has 0 radical (unpaired) electrons. The molecule has 4 heteroatoms. The molecule has 0 saturated carbocycles. The van der Waals surface area contributed by atoms with Crippen LogP contribution >= 0.6 is 7.26 Å². The Kier molecular flexibility index (Phi) is 7.13. The highest BCUT2D eigenvalue weighted by Crippen LogP contribution is 2.64. The molecular weight excluding hydrogens is 491 g/mol. The molecule has 0 atom stereocenters. The Labute approximate surface area is 206 Å². The van der Waals surface area contributed by atoms with Gasteiger partial charge in [0.15, 0.2) is 11.5 Å². The molecule has 0 unspecified atom stereocenters. The van der Waals surface area contributed by atoms with Crippen molar-refractivity contribution < 1.29 is 26.5 Å². The van der Waals surface area contributed by atoms with Crippen LogP contribution in [0.15, 0.2) is 127 Å². The van der Waals surface area contributed by atoms with E-state index in [0.717, 1.165) is 28.4 Å². The van der Waals surface area contributed by atoms with Crippen molar-refractivity contribution in [2.75, 3.05) is 7.11 Å². The van der Waals surface area contributed by atoms with Gasteiger partial charge < -0.3 is 26.5 Å². The van der Waals surface area contributed by atoms with Gasteiger partial charge >= 0.3 is 0 Å². The summed E-state index contributed by atoms with van der Waals surface area (Å²) < 4.78 is 11.9. The fraction of sp³-hybridized carbons (Fsp3) is 0.0345. The Bertz CT molecular complexity index is 1210. The molecule has 1 aliphatic rings. The summed E-state index contributed by atoms with van der Waals surface area (Å²) >= 11 is 0. The van der Waals surface area contributed by atoms with Gasteiger partial charge in [-0.15, -0.1) is 0 Å². The first-order valence-corrected chi connectivity index (χ1v) is 12.5. The van der Waals surface area contributed by atoms with E-state index in [-0.39, 0.29) is 17.0 Å². The highest BCUT2D eigenvalue weighted by Gasteiger charge is 2.44. The topological polar surface area (TPSA) is 18.5 Å². The molecule has 164 valence electrons. The molecular formula is C29H24BrO2P. The number of rotatable bonds is 5. The minimum Gasteiger partial charge on any atom is -1.00 e. The lowest BCUT2D eigenvalue weighted by molar-refractivity contribution is -0.00000706. The maximum atomic E-state index is 6.54. The second kappa shape index (κ2) is 10.2. The summed E-state index contributed by atoms with van der Waals surface area (Å²) in [6.45, 7) is 0. The average molecular weight is 515 g/mol. The minimum absolute atomic E-state index is 0. The fourth-order valence-corrected chi connectivity index (χ4v) is 7.44. The van der Waals surface area contributed by atoms with Gasteiger partial charge in [0.05, 0.1) is 7.11 Å². The van der Waals surface area contributed by atoms with Gasteiger partial charge in [0.1, 0.15) is 35.3 Å². The summed E-state index contributed by atoms with van der Waals surface area (Å²) in [7, 11) is -0.354. The zero-order valence-corrected chi connectivity index (χ0v) is 20.7. The lowest BCUT2D eigenvalue weighted by Gasteiger charge is -2.27. The normalized spacial score (nSPS) is 14.2. The third-order valence-corrected chi connectivity index (χ3v) is 9.25. The third-order valence-electron chi connectivity index (χ3n) is 5.66.